The lowest BCUT2D eigenvalue weighted by molar-refractivity contribution is -0.115. The Morgan fingerprint density at radius 3 is 2.82 bits per heavy atom. The van der Waals surface area contributed by atoms with E-state index in [1.165, 1.54) is 11.8 Å². The highest BCUT2D eigenvalue weighted by molar-refractivity contribution is 8.00. The van der Waals surface area contributed by atoms with Crippen molar-refractivity contribution in [2.24, 2.45) is 7.05 Å². The van der Waals surface area contributed by atoms with Crippen molar-refractivity contribution in [2.45, 2.75) is 24.3 Å². The SMILES string of the molecule is Cc1cccc(-c2nnc(SC(C)C(=O)Nc3ccc4c(c3)OCO4)n2C)c1. The van der Waals surface area contributed by atoms with Crippen LogP contribution < -0.4 is 14.8 Å². The van der Waals surface area contributed by atoms with Crippen LogP contribution in [0.15, 0.2) is 47.6 Å². The lowest BCUT2D eigenvalue weighted by Crippen LogP contribution is -2.22. The maximum absolute atomic E-state index is 12.6. The summed E-state index contributed by atoms with van der Waals surface area (Å²) < 4.78 is 12.5. The van der Waals surface area contributed by atoms with Crippen molar-refractivity contribution in [3.05, 3.63) is 48.0 Å². The molecular weight excluding hydrogens is 376 g/mol. The number of carbonyl (C=O) groups excluding carboxylic acids is 1. The summed E-state index contributed by atoms with van der Waals surface area (Å²) in [6, 6.07) is 13.4. The number of carbonyl (C=O) groups is 1. The van der Waals surface area contributed by atoms with Gasteiger partial charge in [-0.25, -0.2) is 0 Å². The molecule has 7 nitrogen and oxygen atoms in total. The molecule has 3 aromatic rings. The molecule has 0 bridgehead atoms. The molecular formula is C20H20N4O3S. The van der Waals surface area contributed by atoms with Gasteiger partial charge < -0.3 is 19.4 Å². The van der Waals surface area contributed by atoms with E-state index in [0.29, 0.717) is 22.3 Å². The second-order valence-electron chi connectivity index (χ2n) is 6.55. The number of fused-ring (bicyclic) bond motifs is 1. The van der Waals surface area contributed by atoms with Crippen molar-refractivity contribution in [1.82, 2.24) is 14.8 Å². The second-order valence-corrected chi connectivity index (χ2v) is 7.86. The predicted molar refractivity (Wildman–Crippen MR) is 108 cm³/mol. The van der Waals surface area contributed by atoms with E-state index in [1.807, 2.05) is 43.7 Å². The Kier molecular flexibility index (Phi) is 4.95. The molecule has 144 valence electrons. The average Bonchev–Trinajstić information content (AvgIpc) is 3.28. The van der Waals surface area contributed by atoms with Gasteiger partial charge in [0.25, 0.3) is 0 Å². The summed E-state index contributed by atoms with van der Waals surface area (Å²) in [5.41, 5.74) is 2.82. The fourth-order valence-corrected chi connectivity index (χ4v) is 3.70. The molecule has 2 heterocycles. The summed E-state index contributed by atoms with van der Waals surface area (Å²) in [7, 11) is 1.91. The third-order valence-corrected chi connectivity index (χ3v) is 5.54. The Hall–Kier alpha value is -3.00. The van der Waals surface area contributed by atoms with Crippen molar-refractivity contribution in [3.63, 3.8) is 0 Å². The maximum atomic E-state index is 12.6. The van der Waals surface area contributed by atoms with Crippen LogP contribution in [0.4, 0.5) is 5.69 Å². The minimum Gasteiger partial charge on any atom is -0.454 e. The third kappa shape index (κ3) is 3.68. The molecule has 0 saturated heterocycles. The summed E-state index contributed by atoms with van der Waals surface area (Å²) >= 11 is 1.36. The van der Waals surface area contributed by atoms with Gasteiger partial charge in [-0.05, 0) is 32.0 Å². The van der Waals surface area contributed by atoms with Crippen LogP contribution in [0.5, 0.6) is 11.5 Å². The van der Waals surface area contributed by atoms with E-state index in [9.17, 15) is 4.79 Å². The number of hydrogen-bond acceptors (Lipinski definition) is 6. The van der Waals surface area contributed by atoms with Crippen molar-refractivity contribution in [2.75, 3.05) is 12.1 Å². The van der Waals surface area contributed by atoms with Gasteiger partial charge in [0.1, 0.15) is 0 Å². The van der Waals surface area contributed by atoms with Gasteiger partial charge in [0.2, 0.25) is 12.7 Å². The van der Waals surface area contributed by atoms with E-state index in [1.54, 1.807) is 18.2 Å². The van der Waals surface area contributed by atoms with Gasteiger partial charge in [0.05, 0.1) is 5.25 Å². The first kappa shape index (κ1) is 18.4. The predicted octanol–water partition coefficient (Wildman–Crippen LogP) is 3.64. The van der Waals surface area contributed by atoms with Gasteiger partial charge >= 0.3 is 0 Å². The van der Waals surface area contributed by atoms with E-state index < -0.39 is 0 Å². The summed E-state index contributed by atoms with van der Waals surface area (Å²) in [6.07, 6.45) is 0. The van der Waals surface area contributed by atoms with Crippen LogP contribution in [0.3, 0.4) is 0 Å². The van der Waals surface area contributed by atoms with Gasteiger partial charge in [-0.3, -0.25) is 4.79 Å². The molecule has 1 N–H and O–H groups in total. The molecule has 1 unspecified atom stereocenters. The van der Waals surface area contributed by atoms with Crippen LogP contribution in [-0.4, -0.2) is 32.7 Å². The molecule has 0 spiro atoms. The van der Waals surface area contributed by atoms with Gasteiger partial charge in [-0.1, -0.05) is 35.5 Å². The molecule has 1 aliphatic heterocycles. The van der Waals surface area contributed by atoms with Crippen LogP contribution in [0, 0.1) is 6.92 Å². The zero-order valence-corrected chi connectivity index (χ0v) is 16.6. The number of aryl methyl sites for hydroxylation is 1. The number of amides is 1. The number of aromatic nitrogens is 3. The minimum absolute atomic E-state index is 0.121. The third-order valence-electron chi connectivity index (χ3n) is 4.40. The molecule has 0 saturated carbocycles. The van der Waals surface area contributed by atoms with Crippen LogP contribution in [0.25, 0.3) is 11.4 Å². The van der Waals surface area contributed by atoms with Gasteiger partial charge in [-0.15, -0.1) is 10.2 Å². The fraction of sp³-hybridized carbons (Fsp3) is 0.250. The van der Waals surface area contributed by atoms with Crippen LogP contribution in [0.1, 0.15) is 12.5 Å². The first-order chi connectivity index (χ1) is 13.5. The Labute approximate surface area is 167 Å². The lowest BCUT2D eigenvalue weighted by Gasteiger charge is -2.12. The van der Waals surface area contributed by atoms with Crippen molar-refractivity contribution in [1.29, 1.82) is 0 Å². The van der Waals surface area contributed by atoms with E-state index in [-0.39, 0.29) is 18.0 Å². The summed E-state index contributed by atoms with van der Waals surface area (Å²) in [5.74, 6) is 1.97. The molecule has 4 rings (SSSR count). The smallest absolute Gasteiger partial charge is 0.237 e. The lowest BCUT2D eigenvalue weighted by atomic mass is 10.1. The molecule has 0 aliphatic carbocycles. The highest BCUT2D eigenvalue weighted by atomic mass is 32.2. The van der Waals surface area contributed by atoms with Crippen LogP contribution >= 0.6 is 11.8 Å². The number of anilines is 1. The summed E-state index contributed by atoms with van der Waals surface area (Å²) in [6.45, 7) is 4.08. The Morgan fingerprint density at radius 2 is 2.00 bits per heavy atom. The molecule has 1 atom stereocenters. The molecule has 8 heteroatoms. The molecule has 0 fully saturated rings. The maximum Gasteiger partial charge on any atom is 0.237 e. The van der Waals surface area contributed by atoms with Gasteiger partial charge in [0, 0.05) is 24.4 Å². The highest BCUT2D eigenvalue weighted by Crippen LogP contribution is 2.34. The molecule has 0 radical (unpaired) electrons. The summed E-state index contributed by atoms with van der Waals surface area (Å²) in [5, 5.41) is 11.8. The first-order valence-corrected chi connectivity index (χ1v) is 9.73. The number of benzene rings is 2. The topological polar surface area (TPSA) is 78.3 Å². The monoisotopic (exact) mass is 396 g/mol. The first-order valence-electron chi connectivity index (χ1n) is 8.85. The van der Waals surface area contributed by atoms with Crippen LogP contribution in [-0.2, 0) is 11.8 Å². The molecule has 28 heavy (non-hydrogen) atoms. The van der Waals surface area contributed by atoms with E-state index >= 15 is 0 Å². The average molecular weight is 396 g/mol. The number of hydrogen-bond donors (Lipinski definition) is 1. The van der Waals surface area contributed by atoms with E-state index in [4.69, 9.17) is 9.47 Å². The van der Waals surface area contributed by atoms with E-state index in [2.05, 4.69) is 21.6 Å². The normalized spacial score (nSPS) is 13.4. The quantitative estimate of drug-likeness (QED) is 0.664. The molecule has 1 aromatic heterocycles. The van der Waals surface area contributed by atoms with Gasteiger partial charge in [-0.2, -0.15) is 0 Å². The standard InChI is InChI=1S/C20H20N4O3S/c1-12-5-4-6-14(9-12)18-22-23-20(24(18)3)28-13(2)19(25)21-15-7-8-16-17(10-15)27-11-26-16/h4-10,13H,11H2,1-3H3,(H,21,25). The molecule has 1 aliphatic rings. The van der Waals surface area contributed by atoms with Crippen LogP contribution in [0.2, 0.25) is 0 Å². The highest BCUT2D eigenvalue weighted by Gasteiger charge is 2.21. The fourth-order valence-electron chi connectivity index (χ4n) is 2.88. The Morgan fingerprint density at radius 1 is 1.18 bits per heavy atom. The Balaban J connectivity index is 1.45. The number of nitrogens with one attached hydrogen (secondary N) is 1. The zero-order chi connectivity index (χ0) is 19.7. The number of nitrogens with zero attached hydrogens (tertiary/aromatic N) is 3. The minimum atomic E-state index is -0.348. The van der Waals surface area contributed by atoms with Crippen molar-refractivity contribution in [3.8, 4) is 22.9 Å². The number of ether oxygens (including phenoxy) is 2. The zero-order valence-electron chi connectivity index (χ0n) is 15.8. The number of rotatable bonds is 5. The van der Waals surface area contributed by atoms with Crippen molar-refractivity contribution >= 4 is 23.4 Å². The van der Waals surface area contributed by atoms with E-state index in [0.717, 1.165) is 17.0 Å². The Bertz CT molecular complexity index is 1030. The molecule has 1 amide bonds. The molecule has 2 aromatic carbocycles. The second kappa shape index (κ2) is 7.55. The van der Waals surface area contributed by atoms with Crippen molar-refractivity contribution < 1.29 is 14.3 Å². The largest absolute Gasteiger partial charge is 0.454 e. The summed E-state index contributed by atoms with van der Waals surface area (Å²) in [4.78, 5) is 12.6. The van der Waals surface area contributed by atoms with Gasteiger partial charge in [0.15, 0.2) is 22.5 Å². The number of thioether (sulfide) groups is 1.